The Balaban J connectivity index is 0. The Hall–Kier alpha value is -0.260. The normalized spacial score (nSPS) is 23.0. The standard InChI is InChI=1S/C9H18O2.2CH4O3S/c10-6-8-4-2-1-3-5-9(8)7-11;2*1-5(2,3)4/h8-11H,1-7H2;2*1H3,(H,2,3,4)/t8-,9+;;. The van der Waals surface area contributed by atoms with Gasteiger partial charge in [0.2, 0.25) is 0 Å². The molecule has 0 unspecified atom stereocenters. The molecule has 1 aliphatic carbocycles. The summed E-state index contributed by atoms with van der Waals surface area (Å²) in [4.78, 5) is 0. The van der Waals surface area contributed by atoms with E-state index in [9.17, 15) is 16.8 Å². The second-order valence-electron chi connectivity index (χ2n) is 4.99. The Bertz CT molecular complexity index is 385. The van der Waals surface area contributed by atoms with E-state index in [-0.39, 0.29) is 13.2 Å². The molecule has 0 bridgehead atoms. The van der Waals surface area contributed by atoms with Crippen LogP contribution >= 0.6 is 0 Å². The minimum atomic E-state index is -3.67. The summed E-state index contributed by atoms with van der Waals surface area (Å²) in [5.41, 5.74) is 0. The van der Waals surface area contributed by atoms with E-state index in [1.54, 1.807) is 0 Å². The molecule has 0 aromatic rings. The van der Waals surface area contributed by atoms with Gasteiger partial charge in [0.05, 0.1) is 12.5 Å². The fraction of sp³-hybridized carbons (Fsp3) is 1.00. The molecule has 8 nitrogen and oxygen atoms in total. The van der Waals surface area contributed by atoms with Crippen LogP contribution in [0.1, 0.15) is 32.1 Å². The molecule has 0 saturated heterocycles. The molecule has 1 fully saturated rings. The van der Waals surface area contributed by atoms with E-state index in [2.05, 4.69) is 0 Å². The Kier molecular flexibility index (Phi) is 12.4. The average Bonchev–Trinajstić information content (AvgIpc) is 2.48. The summed E-state index contributed by atoms with van der Waals surface area (Å²) in [6.45, 7) is 0.510. The van der Waals surface area contributed by atoms with E-state index in [4.69, 9.17) is 19.3 Å². The van der Waals surface area contributed by atoms with Crippen molar-refractivity contribution in [2.75, 3.05) is 25.7 Å². The van der Waals surface area contributed by atoms with Gasteiger partial charge in [-0.05, 0) is 24.7 Å². The van der Waals surface area contributed by atoms with Crippen molar-refractivity contribution < 1.29 is 36.2 Å². The zero-order valence-corrected chi connectivity index (χ0v) is 14.0. The first-order chi connectivity index (χ1) is 9.38. The highest BCUT2D eigenvalue weighted by Crippen LogP contribution is 2.27. The predicted molar refractivity (Wildman–Crippen MR) is 79.2 cm³/mol. The quantitative estimate of drug-likeness (QED) is 0.407. The Morgan fingerprint density at radius 1 is 0.762 bits per heavy atom. The Labute approximate surface area is 126 Å². The topological polar surface area (TPSA) is 149 Å². The molecule has 1 rings (SSSR count). The molecule has 0 aromatic heterocycles. The summed E-state index contributed by atoms with van der Waals surface area (Å²) in [6, 6.07) is 0. The summed E-state index contributed by atoms with van der Waals surface area (Å²) < 4.78 is 51.7. The predicted octanol–water partition coefficient (Wildman–Crippen LogP) is 0.176. The van der Waals surface area contributed by atoms with Crippen LogP contribution in [-0.4, -0.2) is 61.9 Å². The average molecular weight is 350 g/mol. The van der Waals surface area contributed by atoms with Crippen LogP contribution in [0.15, 0.2) is 0 Å². The molecule has 10 heteroatoms. The highest BCUT2D eigenvalue weighted by atomic mass is 32.2. The van der Waals surface area contributed by atoms with Crippen molar-refractivity contribution in [2.24, 2.45) is 11.8 Å². The summed E-state index contributed by atoms with van der Waals surface area (Å²) in [7, 11) is -7.33. The molecule has 130 valence electrons. The van der Waals surface area contributed by atoms with Gasteiger partial charge < -0.3 is 10.2 Å². The highest BCUT2D eigenvalue weighted by Gasteiger charge is 2.21. The molecule has 0 amide bonds. The lowest BCUT2D eigenvalue weighted by molar-refractivity contribution is 0.114. The summed E-state index contributed by atoms with van der Waals surface area (Å²) in [5.74, 6) is 0.727. The van der Waals surface area contributed by atoms with Crippen molar-refractivity contribution in [3.05, 3.63) is 0 Å². The van der Waals surface area contributed by atoms with Crippen LogP contribution in [0.2, 0.25) is 0 Å². The maximum Gasteiger partial charge on any atom is 0.261 e. The Morgan fingerprint density at radius 2 is 1.00 bits per heavy atom. The van der Waals surface area contributed by atoms with Crippen LogP contribution in [0.25, 0.3) is 0 Å². The van der Waals surface area contributed by atoms with Gasteiger partial charge in [-0.25, -0.2) is 0 Å². The highest BCUT2D eigenvalue weighted by molar-refractivity contribution is 7.85. The molecule has 0 aromatic carbocycles. The number of rotatable bonds is 2. The van der Waals surface area contributed by atoms with Gasteiger partial charge in [0.15, 0.2) is 0 Å². The number of aliphatic hydroxyl groups excluding tert-OH is 2. The second kappa shape index (κ2) is 11.3. The smallest absolute Gasteiger partial charge is 0.261 e. The van der Waals surface area contributed by atoms with E-state index in [1.165, 1.54) is 19.3 Å². The lowest BCUT2D eigenvalue weighted by atomic mass is 9.89. The second-order valence-corrected chi connectivity index (χ2v) is 7.92. The lowest BCUT2D eigenvalue weighted by Crippen LogP contribution is -2.20. The number of hydrogen-bond donors (Lipinski definition) is 4. The first kappa shape index (κ1) is 23.0. The fourth-order valence-electron chi connectivity index (χ4n) is 1.94. The van der Waals surface area contributed by atoms with E-state index < -0.39 is 20.2 Å². The minimum Gasteiger partial charge on any atom is -0.396 e. The monoisotopic (exact) mass is 350 g/mol. The van der Waals surface area contributed by atoms with Crippen molar-refractivity contribution >= 4 is 20.2 Å². The minimum absolute atomic E-state index is 0.255. The van der Waals surface area contributed by atoms with E-state index in [1.807, 2.05) is 0 Å². The van der Waals surface area contributed by atoms with Crippen LogP contribution in [0.4, 0.5) is 0 Å². The van der Waals surface area contributed by atoms with Gasteiger partial charge in [0.1, 0.15) is 0 Å². The molecule has 1 aliphatic rings. The molecule has 0 aliphatic heterocycles. The SMILES string of the molecule is CS(=O)(=O)O.CS(=O)(=O)O.OC[C@@H]1CCCCC[C@@H]1CO. The van der Waals surface area contributed by atoms with Gasteiger partial charge in [-0.3, -0.25) is 9.11 Å². The molecule has 21 heavy (non-hydrogen) atoms. The van der Waals surface area contributed by atoms with Crippen molar-refractivity contribution in [1.29, 1.82) is 0 Å². The first-order valence-corrected chi connectivity index (χ1v) is 10.1. The van der Waals surface area contributed by atoms with Gasteiger partial charge in [-0.1, -0.05) is 19.3 Å². The van der Waals surface area contributed by atoms with Gasteiger partial charge >= 0.3 is 0 Å². The summed E-state index contributed by atoms with van der Waals surface area (Å²) >= 11 is 0. The molecule has 0 spiro atoms. The Morgan fingerprint density at radius 3 is 1.19 bits per heavy atom. The summed E-state index contributed by atoms with van der Waals surface area (Å²) in [5, 5.41) is 18.0. The molecular formula is C11H26O8S2. The van der Waals surface area contributed by atoms with Crippen LogP contribution < -0.4 is 0 Å². The van der Waals surface area contributed by atoms with Gasteiger partial charge in [0.25, 0.3) is 20.2 Å². The van der Waals surface area contributed by atoms with E-state index in [0.29, 0.717) is 24.3 Å². The van der Waals surface area contributed by atoms with Crippen molar-refractivity contribution in [1.82, 2.24) is 0 Å². The zero-order valence-electron chi connectivity index (χ0n) is 12.3. The molecule has 2 atom stereocenters. The van der Waals surface area contributed by atoms with Crippen molar-refractivity contribution in [3.63, 3.8) is 0 Å². The number of hydrogen-bond acceptors (Lipinski definition) is 6. The van der Waals surface area contributed by atoms with Crippen molar-refractivity contribution in [3.8, 4) is 0 Å². The number of aliphatic hydroxyl groups is 2. The first-order valence-electron chi connectivity index (χ1n) is 6.45. The van der Waals surface area contributed by atoms with Crippen LogP contribution in [0.5, 0.6) is 0 Å². The van der Waals surface area contributed by atoms with Crippen molar-refractivity contribution in [2.45, 2.75) is 32.1 Å². The maximum atomic E-state index is 9.19. The third kappa shape index (κ3) is 25.1. The third-order valence-electron chi connectivity index (χ3n) is 2.79. The summed E-state index contributed by atoms with van der Waals surface area (Å²) in [6.07, 6.45) is 7.35. The van der Waals surface area contributed by atoms with Gasteiger partial charge in [0, 0.05) is 13.2 Å². The lowest BCUT2D eigenvalue weighted by Gasteiger charge is -2.20. The zero-order chi connectivity index (χ0) is 17.1. The van der Waals surface area contributed by atoms with E-state index in [0.717, 1.165) is 12.8 Å². The van der Waals surface area contributed by atoms with Crippen LogP contribution in [-0.2, 0) is 20.2 Å². The largest absolute Gasteiger partial charge is 0.396 e. The third-order valence-corrected chi connectivity index (χ3v) is 2.79. The molecule has 1 saturated carbocycles. The van der Waals surface area contributed by atoms with Crippen LogP contribution in [0, 0.1) is 11.8 Å². The molecule has 0 radical (unpaired) electrons. The van der Waals surface area contributed by atoms with Crippen LogP contribution in [0.3, 0.4) is 0 Å². The maximum absolute atomic E-state index is 9.19. The van der Waals surface area contributed by atoms with Gasteiger partial charge in [-0.2, -0.15) is 16.8 Å². The molecule has 0 heterocycles. The van der Waals surface area contributed by atoms with E-state index >= 15 is 0 Å². The molecular weight excluding hydrogens is 324 g/mol. The van der Waals surface area contributed by atoms with Gasteiger partial charge in [-0.15, -0.1) is 0 Å². The molecule has 4 N–H and O–H groups in total. The fourth-order valence-corrected chi connectivity index (χ4v) is 1.94.